The molecule has 0 saturated heterocycles. The fraction of sp³-hybridized carbons (Fsp3) is 0.250. The number of hydrogen-bond donors (Lipinski definition) is 3. The molecule has 3 aromatic rings. The Bertz CT molecular complexity index is 1250. The molecule has 0 aromatic heterocycles. The molecule has 0 radical (unpaired) electrons. The van der Waals surface area contributed by atoms with Gasteiger partial charge in [-0.1, -0.05) is 43.7 Å². The summed E-state index contributed by atoms with van der Waals surface area (Å²) in [5.74, 6) is -0.909. The quantitative estimate of drug-likeness (QED) is 0.369. The first-order valence-electron chi connectivity index (χ1n) is 10.2. The summed E-state index contributed by atoms with van der Waals surface area (Å²) < 4.78 is 0. The van der Waals surface area contributed by atoms with Crippen molar-refractivity contribution >= 4 is 23.0 Å². The lowest BCUT2D eigenvalue weighted by molar-refractivity contribution is 0.0824. The third-order valence-corrected chi connectivity index (χ3v) is 5.14. The number of phenols is 1. The van der Waals surface area contributed by atoms with Crippen molar-refractivity contribution in [3.63, 3.8) is 0 Å². The van der Waals surface area contributed by atoms with Crippen LogP contribution in [0.5, 0.6) is 5.75 Å². The molecule has 8 nitrogen and oxygen atoms in total. The van der Waals surface area contributed by atoms with Crippen LogP contribution in [0, 0.1) is 11.3 Å². The highest BCUT2D eigenvalue weighted by Crippen LogP contribution is 2.34. The van der Waals surface area contributed by atoms with Gasteiger partial charge in [0.2, 0.25) is 0 Å². The number of carbonyl (C=O) groups excluding carboxylic acids is 1. The summed E-state index contributed by atoms with van der Waals surface area (Å²) in [5.41, 5.74) is -0.296. The van der Waals surface area contributed by atoms with Crippen LogP contribution in [-0.4, -0.2) is 30.0 Å². The van der Waals surface area contributed by atoms with Gasteiger partial charge >= 0.3 is 0 Å². The molecule has 164 valence electrons. The van der Waals surface area contributed by atoms with Gasteiger partial charge in [0.25, 0.3) is 16.8 Å². The van der Waals surface area contributed by atoms with Gasteiger partial charge in [-0.15, -0.1) is 0 Å². The molecule has 8 heteroatoms. The predicted molar refractivity (Wildman–Crippen MR) is 123 cm³/mol. The second kappa shape index (κ2) is 9.35. The molecule has 0 aliphatic rings. The molecule has 1 amide bonds. The summed E-state index contributed by atoms with van der Waals surface area (Å²) in [6, 6.07) is 13.9. The van der Waals surface area contributed by atoms with Crippen LogP contribution in [0.3, 0.4) is 0 Å². The normalized spacial score (nSPS) is 11.6. The second-order valence-electron chi connectivity index (χ2n) is 7.66. The Morgan fingerprint density at radius 2 is 1.78 bits per heavy atom. The van der Waals surface area contributed by atoms with Crippen molar-refractivity contribution in [3.8, 4) is 11.8 Å². The molecule has 3 N–H and O–H groups in total. The Labute approximate surface area is 185 Å². The summed E-state index contributed by atoms with van der Waals surface area (Å²) >= 11 is 0. The number of carbonyl (C=O) groups is 1. The summed E-state index contributed by atoms with van der Waals surface area (Å²) in [6.45, 7) is 2.02. The number of nitriles is 1. The van der Waals surface area contributed by atoms with Crippen molar-refractivity contribution in [3.05, 3.63) is 79.6 Å². The lowest BCUT2D eigenvalue weighted by atomic mass is 10.0. The van der Waals surface area contributed by atoms with Gasteiger partial charge in [0.05, 0.1) is 28.9 Å². The Morgan fingerprint density at radius 1 is 1.12 bits per heavy atom. The van der Waals surface area contributed by atoms with Crippen LogP contribution < -0.4 is 21.5 Å². The van der Waals surface area contributed by atoms with E-state index < -0.39 is 22.5 Å². The van der Waals surface area contributed by atoms with Crippen molar-refractivity contribution in [2.75, 3.05) is 24.7 Å². The van der Waals surface area contributed by atoms with Gasteiger partial charge in [-0.25, -0.2) is 0 Å². The van der Waals surface area contributed by atoms with Crippen LogP contribution in [0.4, 0.5) is 17.1 Å². The maximum Gasteiger partial charge on any atom is 0.257 e. The van der Waals surface area contributed by atoms with E-state index >= 15 is 0 Å². The molecule has 3 aromatic carbocycles. The highest BCUT2D eigenvalue weighted by molar-refractivity contribution is 5.99. The third kappa shape index (κ3) is 4.32. The molecular weight excluding hydrogens is 408 g/mol. The number of phenolic OH excluding ortho intramolecular Hbond substituents is 1. The van der Waals surface area contributed by atoms with E-state index in [4.69, 9.17) is 0 Å². The predicted octanol–water partition coefficient (Wildman–Crippen LogP) is 3.26. The summed E-state index contributed by atoms with van der Waals surface area (Å²) in [4.78, 5) is 38.3. The second-order valence-corrected chi connectivity index (χ2v) is 7.66. The maximum atomic E-state index is 12.4. The molecule has 3 rings (SSSR count). The van der Waals surface area contributed by atoms with Gasteiger partial charge in [-0.3, -0.25) is 14.4 Å². The van der Waals surface area contributed by atoms with Crippen molar-refractivity contribution < 1.29 is 9.90 Å². The smallest absolute Gasteiger partial charge is 0.257 e. The van der Waals surface area contributed by atoms with Gasteiger partial charge in [-0.05, 0) is 24.1 Å². The van der Waals surface area contributed by atoms with Crippen molar-refractivity contribution in [1.82, 2.24) is 4.90 Å². The Kier molecular flexibility index (Phi) is 6.59. The lowest BCUT2D eigenvalue weighted by Crippen LogP contribution is -2.37. The number of amides is 1. The molecule has 0 saturated carbocycles. The maximum absolute atomic E-state index is 12.4. The largest absolute Gasteiger partial charge is 0.505 e. The fourth-order valence-corrected chi connectivity index (χ4v) is 3.45. The zero-order valence-electron chi connectivity index (χ0n) is 18.1. The molecule has 0 spiro atoms. The minimum absolute atomic E-state index is 0.00356. The number of aromatic hydroxyl groups is 1. The molecule has 0 aliphatic heterocycles. The number of benzene rings is 2. The molecule has 0 fully saturated rings. The standard InChI is InChI=1S/C24H24N4O4/c1-4-8-17(15-9-6-5-7-10-15)26-19-20(23(31)22(19)30)27-18-12-14(13-25)11-16(21(18)29)24(32)28(2)3/h5-7,9-12,17,26-27,29H,4,8H2,1-3H3. The van der Waals surface area contributed by atoms with Gasteiger partial charge in [0, 0.05) is 14.1 Å². The Hall–Kier alpha value is -4.12. The van der Waals surface area contributed by atoms with E-state index in [0.717, 1.165) is 18.4 Å². The molecule has 1 atom stereocenters. The molecule has 0 bridgehead atoms. The van der Waals surface area contributed by atoms with Crippen molar-refractivity contribution in [2.24, 2.45) is 0 Å². The van der Waals surface area contributed by atoms with Gasteiger partial charge in [-0.2, -0.15) is 5.26 Å². The van der Waals surface area contributed by atoms with Crippen LogP contribution in [0.25, 0.3) is 0 Å². The number of hydrogen-bond acceptors (Lipinski definition) is 7. The lowest BCUT2D eigenvalue weighted by Gasteiger charge is -2.23. The topological polar surface area (TPSA) is 123 Å². The summed E-state index contributed by atoms with van der Waals surface area (Å²) in [5, 5.41) is 25.9. The van der Waals surface area contributed by atoms with E-state index in [1.807, 2.05) is 43.3 Å². The van der Waals surface area contributed by atoms with E-state index in [0.29, 0.717) is 0 Å². The van der Waals surface area contributed by atoms with E-state index in [1.54, 1.807) is 0 Å². The number of rotatable bonds is 8. The van der Waals surface area contributed by atoms with Crippen molar-refractivity contribution in [1.29, 1.82) is 5.26 Å². The first-order valence-corrected chi connectivity index (χ1v) is 10.2. The highest BCUT2D eigenvalue weighted by atomic mass is 16.3. The minimum Gasteiger partial charge on any atom is -0.505 e. The van der Waals surface area contributed by atoms with Crippen LogP contribution in [0.1, 0.15) is 47.3 Å². The number of nitrogens with zero attached hydrogens (tertiary/aromatic N) is 2. The van der Waals surface area contributed by atoms with Gasteiger partial charge in [0.1, 0.15) is 11.4 Å². The molecule has 32 heavy (non-hydrogen) atoms. The molecule has 0 heterocycles. The van der Waals surface area contributed by atoms with Gasteiger partial charge < -0.3 is 20.6 Å². The number of anilines is 3. The van der Waals surface area contributed by atoms with Gasteiger partial charge in [0.15, 0.2) is 5.75 Å². The zero-order valence-corrected chi connectivity index (χ0v) is 18.1. The monoisotopic (exact) mass is 432 g/mol. The van der Waals surface area contributed by atoms with E-state index in [9.17, 15) is 24.8 Å². The summed E-state index contributed by atoms with van der Waals surface area (Å²) in [6.07, 6.45) is 1.59. The fourth-order valence-electron chi connectivity index (χ4n) is 3.45. The van der Waals surface area contributed by atoms with Crippen LogP contribution in [0.2, 0.25) is 0 Å². The average Bonchev–Trinajstić information content (AvgIpc) is 2.81. The average molecular weight is 432 g/mol. The minimum atomic E-state index is -0.738. The number of nitrogens with one attached hydrogen (secondary N) is 2. The third-order valence-electron chi connectivity index (χ3n) is 5.14. The van der Waals surface area contributed by atoms with Crippen LogP contribution in [0.15, 0.2) is 52.1 Å². The molecular formula is C24H24N4O4. The van der Waals surface area contributed by atoms with Crippen LogP contribution >= 0.6 is 0 Å². The van der Waals surface area contributed by atoms with Crippen molar-refractivity contribution in [2.45, 2.75) is 25.8 Å². The Morgan fingerprint density at radius 3 is 2.38 bits per heavy atom. The van der Waals surface area contributed by atoms with E-state index in [-0.39, 0.29) is 34.2 Å². The zero-order chi connectivity index (χ0) is 23.4. The molecule has 1 unspecified atom stereocenters. The SMILES string of the molecule is CCCC(Nc1c(Nc2cc(C#N)cc(C(=O)N(C)C)c2O)c(=O)c1=O)c1ccccc1. The molecule has 0 aliphatic carbocycles. The van der Waals surface area contributed by atoms with Crippen LogP contribution in [-0.2, 0) is 0 Å². The highest BCUT2D eigenvalue weighted by Gasteiger charge is 2.26. The first kappa shape index (κ1) is 22.6. The summed E-state index contributed by atoms with van der Waals surface area (Å²) in [7, 11) is 3.04. The van der Waals surface area contributed by atoms with E-state index in [1.165, 1.54) is 31.1 Å². The van der Waals surface area contributed by atoms with E-state index in [2.05, 4.69) is 10.6 Å². The first-order chi connectivity index (χ1) is 15.3. The Balaban J connectivity index is 1.99.